The first-order chi connectivity index (χ1) is 9.08. The van der Waals surface area contributed by atoms with E-state index in [1.165, 1.54) is 0 Å². The highest BCUT2D eigenvalue weighted by atomic mass is 79.9. The largest absolute Gasteiger partial charge is 0.465 e. The Bertz CT molecular complexity index is 415. The van der Waals surface area contributed by atoms with Crippen molar-refractivity contribution in [3.8, 4) is 0 Å². The van der Waals surface area contributed by atoms with E-state index in [0.29, 0.717) is 5.69 Å². The summed E-state index contributed by atoms with van der Waals surface area (Å²) in [6.07, 6.45) is 1.79. The molecule has 0 bridgehead atoms. The summed E-state index contributed by atoms with van der Waals surface area (Å²) in [6.45, 7) is 3.83. The first-order valence-electron chi connectivity index (χ1n) is 6.02. The van der Waals surface area contributed by atoms with Gasteiger partial charge in [-0.1, -0.05) is 0 Å². The Balaban J connectivity index is 2.81. The van der Waals surface area contributed by atoms with Gasteiger partial charge in [-0.3, -0.25) is 14.6 Å². The van der Waals surface area contributed by atoms with Crippen molar-refractivity contribution in [2.45, 2.75) is 20.3 Å². The molecule has 0 aromatic carbocycles. The molecule has 1 heterocycles. The van der Waals surface area contributed by atoms with Gasteiger partial charge < -0.3 is 9.47 Å². The van der Waals surface area contributed by atoms with Crippen molar-refractivity contribution >= 4 is 27.9 Å². The molecule has 0 atom stereocenters. The molecule has 0 unspecified atom stereocenters. The standard InChI is InChI=1S/C13H16BrNO4/c1-3-18-12(16)11(13(17)19-4-2)7-10-6-5-9(14)8-15-10/h5-6,8,11H,3-4,7H2,1-2H3. The molecule has 6 heteroatoms. The molecule has 0 N–H and O–H groups in total. The van der Waals surface area contributed by atoms with Crippen LogP contribution < -0.4 is 0 Å². The second-order valence-electron chi connectivity index (χ2n) is 3.73. The predicted octanol–water partition coefficient (Wildman–Crippen LogP) is 2.13. The van der Waals surface area contributed by atoms with Crippen LogP contribution in [0, 0.1) is 5.92 Å². The number of halogens is 1. The Morgan fingerprint density at radius 2 is 1.79 bits per heavy atom. The van der Waals surface area contributed by atoms with Crippen molar-refractivity contribution in [1.82, 2.24) is 4.98 Å². The van der Waals surface area contributed by atoms with E-state index < -0.39 is 17.9 Å². The van der Waals surface area contributed by atoms with Crippen LogP contribution in [0.4, 0.5) is 0 Å². The molecule has 1 rings (SSSR count). The van der Waals surface area contributed by atoms with Crippen molar-refractivity contribution < 1.29 is 19.1 Å². The summed E-state index contributed by atoms with van der Waals surface area (Å²) in [5.74, 6) is -2.12. The van der Waals surface area contributed by atoms with Gasteiger partial charge in [0.1, 0.15) is 0 Å². The number of aromatic nitrogens is 1. The maximum absolute atomic E-state index is 11.8. The van der Waals surface area contributed by atoms with Gasteiger partial charge in [0.25, 0.3) is 0 Å². The Hall–Kier alpha value is -1.43. The summed E-state index contributed by atoms with van der Waals surface area (Å²) in [5, 5.41) is 0. The molecular weight excluding hydrogens is 314 g/mol. The third kappa shape index (κ3) is 4.98. The smallest absolute Gasteiger partial charge is 0.320 e. The van der Waals surface area contributed by atoms with Crippen LogP contribution in [0.1, 0.15) is 19.5 Å². The van der Waals surface area contributed by atoms with E-state index in [1.807, 2.05) is 0 Å². The number of ether oxygens (including phenoxy) is 2. The van der Waals surface area contributed by atoms with Gasteiger partial charge in [0.2, 0.25) is 0 Å². The predicted molar refractivity (Wildman–Crippen MR) is 72.4 cm³/mol. The lowest BCUT2D eigenvalue weighted by Gasteiger charge is -2.13. The highest BCUT2D eigenvalue weighted by Crippen LogP contribution is 2.14. The third-order valence-electron chi connectivity index (χ3n) is 2.34. The fourth-order valence-electron chi connectivity index (χ4n) is 1.48. The van der Waals surface area contributed by atoms with Gasteiger partial charge in [-0.05, 0) is 41.9 Å². The van der Waals surface area contributed by atoms with Crippen LogP contribution in [0.5, 0.6) is 0 Å². The summed E-state index contributed by atoms with van der Waals surface area (Å²) in [7, 11) is 0. The van der Waals surface area contributed by atoms with Crippen LogP contribution in [0.3, 0.4) is 0 Å². The van der Waals surface area contributed by atoms with Crippen LogP contribution in [-0.2, 0) is 25.5 Å². The second-order valence-corrected chi connectivity index (χ2v) is 4.64. The Labute approximate surface area is 120 Å². The zero-order valence-electron chi connectivity index (χ0n) is 10.9. The van der Waals surface area contributed by atoms with Gasteiger partial charge in [-0.25, -0.2) is 0 Å². The van der Waals surface area contributed by atoms with E-state index in [1.54, 1.807) is 32.2 Å². The Kier molecular flexibility index (Phi) is 6.49. The van der Waals surface area contributed by atoms with E-state index in [9.17, 15) is 9.59 Å². The van der Waals surface area contributed by atoms with Crippen LogP contribution in [0.15, 0.2) is 22.8 Å². The number of carbonyl (C=O) groups is 2. The van der Waals surface area contributed by atoms with Gasteiger partial charge in [-0.15, -0.1) is 0 Å². The maximum Gasteiger partial charge on any atom is 0.320 e. The lowest BCUT2D eigenvalue weighted by atomic mass is 10.0. The quantitative estimate of drug-likeness (QED) is 0.590. The van der Waals surface area contributed by atoms with Gasteiger partial charge in [0.05, 0.1) is 13.2 Å². The van der Waals surface area contributed by atoms with Crippen molar-refractivity contribution in [2.24, 2.45) is 5.92 Å². The van der Waals surface area contributed by atoms with Crippen LogP contribution >= 0.6 is 15.9 Å². The number of carbonyl (C=O) groups excluding carboxylic acids is 2. The molecule has 0 aliphatic carbocycles. The Morgan fingerprint density at radius 3 is 2.21 bits per heavy atom. The maximum atomic E-state index is 11.8. The fourth-order valence-corrected chi connectivity index (χ4v) is 1.72. The average molecular weight is 330 g/mol. The van der Waals surface area contributed by atoms with Gasteiger partial charge in [0.15, 0.2) is 5.92 Å². The van der Waals surface area contributed by atoms with Crippen molar-refractivity contribution in [2.75, 3.05) is 13.2 Å². The van der Waals surface area contributed by atoms with E-state index in [-0.39, 0.29) is 19.6 Å². The van der Waals surface area contributed by atoms with Gasteiger partial charge >= 0.3 is 11.9 Å². The topological polar surface area (TPSA) is 65.5 Å². The van der Waals surface area contributed by atoms with Crippen molar-refractivity contribution in [3.63, 3.8) is 0 Å². The summed E-state index contributed by atoms with van der Waals surface area (Å²) in [5.41, 5.74) is 0.634. The Morgan fingerprint density at radius 1 is 1.21 bits per heavy atom. The van der Waals surface area contributed by atoms with E-state index in [0.717, 1.165) is 4.47 Å². The molecule has 0 aliphatic heterocycles. The minimum absolute atomic E-state index is 0.172. The molecule has 1 aromatic rings. The molecular formula is C13H16BrNO4. The zero-order chi connectivity index (χ0) is 14.3. The van der Waals surface area contributed by atoms with E-state index in [4.69, 9.17) is 9.47 Å². The summed E-state index contributed by atoms with van der Waals surface area (Å²) in [6, 6.07) is 3.55. The number of rotatable bonds is 6. The average Bonchev–Trinajstić information content (AvgIpc) is 2.38. The van der Waals surface area contributed by atoms with Crippen molar-refractivity contribution in [1.29, 1.82) is 0 Å². The molecule has 0 amide bonds. The van der Waals surface area contributed by atoms with E-state index >= 15 is 0 Å². The number of hydrogen-bond donors (Lipinski definition) is 0. The molecule has 0 saturated carbocycles. The fraction of sp³-hybridized carbons (Fsp3) is 0.462. The minimum Gasteiger partial charge on any atom is -0.465 e. The number of esters is 2. The summed E-state index contributed by atoms with van der Waals surface area (Å²) in [4.78, 5) is 27.7. The molecule has 0 fully saturated rings. The minimum atomic E-state index is -0.964. The van der Waals surface area contributed by atoms with E-state index in [2.05, 4.69) is 20.9 Å². The van der Waals surface area contributed by atoms with Gasteiger partial charge in [0, 0.05) is 22.8 Å². The molecule has 0 radical (unpaired) electrons. The summed E-state index contributed by atoms with van der Waals surface area (Å²) >= 11 is 3.27. The SMILES string of the molecule is CCOC(=O)C(Cc1ccc(Br)cn1)C(=O)OCC. The first-order valence-corrected chi connectivity index (χ1v) is 6.81. The lowest BCUT2D eigenvalue weighted by Crippen LogP contribution is -2.30. The number of pyridine rings is 1. The molecule has 5 nitrogen and oxygen atoms in total. The second kappa shape index (κ2) is 7.89. The third-order valence-corrected chi connectivity index (χ3v) is 2.81. The van der Waals surface area contributed by atoms with Gasteiger partial charge in [-0.2, -0.15) is 0 Å². The first kappa shape index (κ1) is 15.6. The molecule has 0 spiro atoms. The lowest BCUT2D eigenvalue weighted by molar-refractivity contribution is -0.161. The molecule has 19 heavy (non-hydrogen) atoms. The van der Waals surface area contributed by atoms with Crippen LogP contribution in [0.2, 0.25) is 0 Å². The van der Waals surface area contributed by atoms with Crippen LogP contribution in [0.25, 0.3) is 0 Å². The number of hydrogen-bond acceptors (Lipinski definition) is 5. The molecule has 104 valence electrons. The molecule has 1 aromatic heterocycles. The number of nitrogens with zero attached hydrogens (tertiary/aromatic N) is 1. The van der Waals surface area contributed by atoms with Crippen molar-refractivity contribution in [3.05, 3.63) is 28.5 Å². The summed E-state index contributed by atoms with van der Waals surface area (Å²) < 4.78 is 10.6. The highest BCUT2D eigenvalue weighted by Gasteiger charge is 2.30. The molecule has 0 aliphatic rings. The monoisotopic (exact) mass is 329 g/mol. The molecule has 0 saturated heterocycles. The van der Waals surface area contributed by atoms with Crippen LogP contribution in [-0.4, -0.2) is 30.1 Å². The normalized spacial score (nSPS) is 10.3. The highest BCUT2D eigenvalue weighted by molar-refractivity contribution is 9.10. The zero-order valence-corrected chi connectivity index (χ0v) is 12.5.